The molecular formula is C20H20BrClN2O. The summed E-state index contributed by atoms with van der Waals surface area (Å²) >= 11 is 9.73. The summed E-state index contributed by atoms with van der Waals surface area (Å²) in [5.41, 5.74) is 1.78. The lowest BCUT2D eigenvalue weighted by Crippen LogP contribution is -2.16. The minimum atomic E-state index is -0.986. The zero-order valence-electron chi connectivity index (χ0n) is 14.2. The first kappa shape index (κ1) is 18.2. The van der Waals surface area contributed by atoms with Crippen molar-refractivity contribution in [3.8, 4) is 5.69 Å². The summed E-state index contributed by atoms with van der Waals surface area (Å²) in [5.74, 6) is 0.902. The summed E-state index contributed by atoms with van der Waals surface area (Å²) in [6.45, 7) is 3.50. The lowest BCUT2D eigenvalue weighted by molar-refractivity contribution is 0.0741. The van der Waals surface area contributed by atoms with Gasteiger partial charge in [0.05, 0.1) is 5.69 Å². The van der Waals surface area contributed by atoms with Gasteiger partial charge in [0.25, 0.3) is 0 Å². The van der Waals surface area contributed by atoms with Crippen LogP contribution >= 0.6 is 27.5 Å². The molecule has 0 atom stereocenters. The van der Waals surface area contributed by atoms with Crippen LogP contribution in [0.25, 0.3) is 5.69 Å². The number of nitrogens with zero attached hydrogens (tertiary/aromatic N) is 2. The first-order chi connectivity index (χ1) is 11.8. The number of benzene rings is 2. The van der Waals surface area contributed by atoms with E-state index in [4.69, 9.17) is 11.6 Å². The van der Waals surface area contributed by atoms with Crippen molar-refractivity contribution in [3.63, 3.8) is 0 Å². The lowest BCUT2D eigenvalue weighted by atomic mass is 10.1. The van der Waals surface area contributed by atoms with Gasteiger partial charge in [-0.3, -0.25) is 0 Å². The van der Waals surface area contributed by atoms with Crippen molar-refractivity contribution in [3.05, 3.63) is 81.3 Å². The third-order valence-corrected chi connectivity index (χ3v) is 4.98. The summed E-state index contributed by atoms with van der Waals surface area (Å²) in [6, 6.07) is 15.9. The first-order valence-electron chi connectivity index (χ1n) is 8.15. The van der Waals surface area contributed by atoms with Gasteiger partial charge >= 0.3 is 0 Å². The number of aliphatic hydroxyl groups is 1. The normalized spacial score (nSPS) is 11.7. The van der Waals surface area contributed by atoms with Crippen molar-refractivity contribution in [1.29, 1.82) is 0 Å². The molecule has 0 saturated heterocycles. The number of aromatic nitrogens is 2. The third-order valence-electron chi connectivity index (χ3n) is 4.09. The summed E-state index contributed by atoms with van der Waals surface area (Å²) < 4.78 is 3.06. The number of halogens is 2. The van der Waals surface area contributed by atoms with E-state index in [0.29, 0.717) is 5.69 Å². The van der Waals surface area contributed by atoms with Crippen LogP contribution in [0.1, 0.15) is 30.9 Å². The molecule has 0 unspecified atom stereocenters. The van der Waals surface area contributed by atoms with E-state index in [1.807, 2.05) is 59.3 Å². The minimum Gasteiger partial charge on any atom is -0.384 e. The quantitative estimate of drug-likeness (QED) is 0.609. The predicted molar refractivity (Wildman–Crippen MR) is 105 cm³/mol. The third kappa shape index (κ3) is 4.32. The molecule has 3 aromatic rings. The van der Waals surface area contributed by atoms with E-state index in [2.05, 4.69) is 20.9 Å². The summed E-state index contributed by atoms with van der Waals surface area (Å²) in [4.78, 5) is 4.68. The molecule has 1 heterocycles. The highest BCUT2D eigenvalue weighted by Crippen LogP contribution is 2.24. The molecule has 0 amide bonds. The Kier molecular flexibility index (Phi) is 5.32. The van der Waals surface area contributed by atoms with Crippen molar-refractivity contribution < 1.29 is 5.11 Å². The molecule has 0 fully saturated rings. The molecule has 0 aliphatic carbocycles. The van der Waals surface area contributed by atoms with Gasteiger partial charge in [-0.25, -0.2) is 4.98 Å². The molecule has 1 N–H and O–H groups in total. The highest BCUT2D eigenvalue weighted by atomic mass is 79.9. The number of aryl methyl sites for hydroxylation is 2. The van der Waals surface area contributed by atoms with Crippen LogP contribution in [-0.4, -0.2) is 14.7 Å². The van der Waals surface area contributed by atoms with Crippen LogP contribution in [0.3, 0.4) is 0 Å². The van der Waals surface area contributed by atoms with Gasteiger partial charge in [0.1, 0.15) is 11.4 Å². The van der Waals surface area contributed by atoms with Crippen molar-refractivity contribution >= 4 is 27.5 Å². The average Bonchev–Trinajstić information content (AvgIpc) is 2.99. The Morgan fingerprint density at radius 3 is 2.40 bits per heavy atom. The van der Waals surface area contributed by atoms with Crippen LogP contribution in [0.4, 0.5) is 0 Å². The summed E-state index contributed by atoms with van der Waals surface area (Å²) in [6.07, 6.45) is 3.43. The van der Waals surface area contributed by atoms with Crippen LogP contribution in [0, 0.1) is 0 Å². The zero-order chi connectivity index (χ0) is 18.0. The smallest absolute Gasteiger partial charge is 0.113 e. The Labute approximate surface area is 161 Å². The number of hydrogen-bond acceptors (Lipinski definition) is 2. The first-order valence-corrected chi connectivity index (χ1v) is 9.32. The van der Waals surface area contributed by atoms with E-state index in [-0.39, 0.29) is 0 Å². The van der Waals surface area contributed by atoms with Gasteiger partial charge in [-0.15, -0.1) is 0 Å². The van der Waals surface area contributed by atoms with E-state index in [1.54, 1.807) is 13.8 Å². The van der Waals surface area contributed by atoms with Gasteiger partial charge in [-0.05, 0) is 56.2 Å². The van der Waals surface area contributed by atoms with Gasteiger partial charge in [0.2, 0.25) is 0 Å². The van der Waals surface area contributed by atoms with E-state index < -0.39 is 5.60 Å². The van der Waals surface area contributed by atoms with E-state index in [0.717, 1.165) is 39.4 Å². The molecule has 0 spiro atoms. The highest BCUT2D eigenvalue weighted by molar-refractivity contribution is 9.10. The standard InChI is InChI=1S/C20H20BrClN2O/c1-20(2,25)18-13-24(16-10-8-15(21)9-11-16)19(23-18)12-7-14-5-3-4-6-17(14)22/h3-6,8-11,13,25H,7,12H2,1-2H3. The lowest BCUT2D eigenvalue weighted by Gasteiger charge is -2.12. The molecule has 5 heteroatoms. The monoisotopic (exact) mass is 418 g/mol. The molecule has 0 bridgehead atoms. The van der Waals surface area contributed by atoms with Crippen LogP contribution in [0.15, 0.2) is 59.2 Å². The molecule has 0 aliphatic rings. The fraction of sp³-hybridized carbons (Fsp3) is 0.250. The maximum atomic E-state index is 10.3. The highest BCUT2D eigenvalue weighted by Gasteiger charge is 2.22. The van der Waals surface area contributed by atoms with Crippen molar-refractivity contribution in [2.45, 2.75) is 32.3 Å². The molecule has 130 valence electrons. The second kappa shape index (κ2) is 7.32. The van der Waals surface area contributed by atoms with Gasteiger partial charge in [-0.1, -0.05) is 45.7 Å². The van der Waals surface area contributed by atoms with Crippen LogP contribution in [-0.2, 0) is 18.4 Å². The summed E-state index contributed by atoms with van der Waals surface area (Å²) in [7, 11) is 0. The minimum absolute atomic E-state index is 0.657. The summed E-state index contributed by atoms with van der Waals surface area (Å²) in [5, 5.41) is 11.1. The van der Waals surface area contributed by atoms with Gasteiger partial charge < -0.3 is 9.67 Å². The van der Waals surface area contributed by atoms with E-state index >= 15 is 0 Å². The molecule has 3 nitrogen and oxygen atoms in total. The number of rotatable bonds is 5. The van der Waals surface area contributed by atoms with E-state index in [9.17, 15) is 5.11 Å². The van der Waals surface area contributed by atoms with Crippen LogP contribution in [0.5, 0.6) is 0 Å². The molecule has 0 aliphatic heterocycles. The van der Waals surface area contributed by atoms with Crippen molar-refractivity contribution in [2.24, 2.45) is 0 Å². The second-order valence-electron chi connectivity index (χ2n) is 6.54. The maximum absolute atomic E-state index is 10.3. The Balaban J connectivity index is 1.95. The molecule has 25 heavy (non-hydrogen) atoms. The van der Waals surface area contributed by atoms with E-state index in [1.165, 1.54) is 0 Å². The zero-order valence-corrected chi connectivity index (χ0v) is 16.5. The number of imidazole rings is 1. The van der Waals surface area contributed by atoms with Gasteiger partial charge in [-0.2, -0.15) is 0 Å². The Bertz CT molecular complexity index is 866. The molecule has 2 aromatic carbocycles. The molecule has 3 rings (SSSR count). The maximum Gasteiger partial charge on any atom is 0.113 e. The Morgan fingerprint density at radius 2 is 1.76 bits per heavy atom. The average molecular weight is 420 g/mol. The molecule has 0 radical (unpaired) electrons. The Morgan fingerprint density at radius 1 is 1.08 bits per heavy atom. The SMILES string of the molecule is CC(C)(O)c1cn(-c2ccc(Br)cc2)c(CCc2ccccc2Cl)n1. The van der Waals surface area contributed by atoms with Crippen molar-refractivity contribution in [2.75, 3.05) is 0 Å². The van der Waals surface area contributed by atoms with Crippen LogP contribution in [0.2, 0.25) is 5.02 Å². The molecule has 0 saturated carbocycles. The van der Waals surface area contributed by atoms with Crippen molar-refractivity contribution in [1.82, 2.24) is 9.55 Å². The topological polar surface area (TPSA) is 38.0 Å². The fourth-order valence-electron chi connectivity index (χ4n) is 2.66. The van der Waals surface area contributed by atoms with Gasteiger partial charge in [0.15, 0.2) is 0 Å². The predicted octanol–water partition coefficient (Wildman–Crippen LogP) is 5.30. The Hall–Kier alpha value is -1.62. The fourth-order valence-corrected chi connectivity index (χ4v) is 3.16. The van der Waals surface area contributed by atoms with Gasteiger partial charge in [0, 0.05) is 27.8 Å². The second-order valence-corrected chi connectivity index (χ2v) is 7.86. The van der Waals surface area contributed by atoms with Crippen LogP contribution < -0.4 is 0 Å². The molecular weight excluding hydrogens is 400 g/mol. The number of hydrogen-bond donors (Lipinski definition) is 1. The molecule has 1 aromatic heterocycles. The largest absolute Gasteiger partial charge is 0.384 e.